The van der Waals surface area contributed by atoms with Gasteiger partial charge >= 0.3 is 15.5 Å². The molecule has 0 fully saturated rings. The molecule has 0 spiro atoms. The van der Waals surface area contributed by atoms with Gasteiger partial charge in [0.25, 0.3) is 0 Å². The third-order valence-corrected chi connectivity index (χ3v) is 8.75. The first kappa shape index (κ1) is 32.3. The average Bonchev–Trinajstić information content (AvgIpc) is 3.04. The first-order chi connectivity index (χ1) is 21.9. The van der Waals surface area contributed by atoms with Gasteiger partial charge in [-0.25, -0.2) is 0 Å². The number of Topliss-reactive ketones (excluding diaryl/α,β-unsaturated/α-hetero) is 1. The van der Waals surface area contributed by atoms with Crippen LogP contribution in [0.5, 0.6) is 0 Å². The number of anilines is 4. The number of hydrogen-bond donors (Lipinski definition) is 2. The number of alkyl halides is 3. The number of likely N-dealkylation sites (N-methyl/N-ethyl adjacent to an activating group) is 1. The molecule has 0 radical (unpaired) electrons. The van der Waals surface area contributed by atoms with Gasteiger partial charge < -0.3 is 14.9 Å². The van der Waals surface area contributed by atoms with Crippen molar-refractivity contribution >= 4 is 49.8 Å². The molecule has 3 aromatic carbocycles. The topological polar surface area (TPSA) is 102 Å². The van der Waals surface area contributed by atoms with Crippen molar-refractivity contribution in [1.29, 1.82) is 0 Å². The molecule has 8 nitrogen and oxygen atoms in total. The van der Waals surface area contributed by atoms with Crippen LogP contribution in [-0.2, 0) is 14.8 Å². The van der Waals surface area contributed by atoms with Crippen LogP contribution < -0.4 is 9.62 Å². The van der Waals surface area contributed by atoms with E-state index in [0.717, 1.165) is 18.8 Å². The summed E-state index contributed by atoms with van der Waals surface area (Å²) >= 11 is 0. The number of aliphatic imine (C=N–C) groups is 1. The highest BCUT2D eigenvalue weighted by molar-refractivity contribution is 7.93. The summed E-state index contributed by atoms with van der Waals surface area (Å²) in [5.74, 6) is -1.14. The molecule has 0 atom stereocenters. The number of carbonyl (C=O) groups is 1. The largest absolute Gasteiger partial charge is 0.516 e. The standard InChI is InChI=1S/C34H31F3N4O4S/c1-4-40(5-2)24-16-18-26(28(20-24)38-3)30-32(42)31(33(30)43)27-19-17-25(21-29(27)39-46(44,45)34(35,36)37)41(22-12-8-6-9-13-22)23-14-10-7-11-15-23/h6-21,39,42H,4-5H2,1-3H3. The van der Waals surface area contributed by atoms with Crippen LogP contribution in [0.15, 0.2) is 125 Å². The van der Waals surface area contributed by atoms with E-state index in [4.69, 9.17) is 0 Å². The van der Waals surface area contributed by atoms with Gasteiger partial charge in [-0.3, -0.25) is 14.5 Å². The van der Waals surface area contributed by atoms with Gasteiger partial charge in [0.2, 0.25) is 5.78 Å². The van der Waals surface area contributed by atoms with Gasteiger partial charge in [0.1, 0.15) is 5.76 Å². The maximum atomic E-state index is 13.6. The predicted molar refractivity (Wildman–Crippen MR) is 175 cm³/mol. The number of sulfonamides is 1. The summed E-state index contributed by atoms with van der Waals surface area (Å²) < 4.78 is 67.1. The number of aliphatic hydroxyl groups excluding tert-OH is 1. The Labute approximate surface area is 265 Å². The smallest absolute Gasteiger partial charge is 0.506 e. The van der Waals surface area contributed by atoms with Crippen molar-refractivity contribution in [3.63, 3.8) is 0 Å². The molecule has 0 aromatic heterocycles. The number of benzene rings is 3. The molecule has 0 amide bonds. The van der Waals surface area contributed by atoms with E-state index in [1.54, 1.807) is 95.6 Å². The molecule has 12 heteroatoms. The molecule has 3 aromatic rings. The Morgan fingerprint density at radius 2 is 1.43 bits per heavy atom. The lowest BCUT2D eigenvalue weighted by atomic mass is 9.78. The van der Waals surface area contributed by atoms with Crippen LogP contribution in [0.4, 0.5) is 35.9 Å². The molecule has 0 saturated heterocycles. The fourth-order valence-electron chi connectivity index (χ4n) is 5.38. The van der Waals surface area contributed by atoms with Crippen LogP contribution in [0.3, 0.4) is 0 Å². The Balaban J connectivity index is 1.66. The number of hydrogen-bond acceptors (Lipinski definition) is 7. The Kier molecular flexibility index (Phi) is 8.93. The Bertz CT molecular complexity index is 1890. The van der Waals surface area contributed by atoms with Crippen LogP contribution in [0.25, 0.3) is 5.57 Å². The van der Waals surface area contributed by atoms with Crippen molar-refractivity contribution in [1.82, 2.24) is 4.90 Å². The lowest BCUT2D eigenvalue weighted by Crippen LogP contribution is -2.31. The molecular formula is C34H31F3N4O4S. The summed E-state index contributed by atoms with van der Waals surface area (Å²) in [7, 11) is -4.36. The van der Waals surface area contributed by atoms with Crippen LogP contribution in [0.1, 0.15) is 19.4 Å². The van der Waals surface area contributed by atoms with Crippen molar-refractivity contribution in [2.45, 2.75) is 19.4 Å². The van der Waals surface area contributed by atoms with E-state index in [1.807, 2.05) is 13.8 Å². The highest BCUT2D eigenvalue weighted by Crippen LogP contribution is 2.45. The zero-order valence-electron chi connectivity index (χ0n) is 25.2. The van der Waals surface area contributed by atoms with Gasteiger partial charge in [0, 0.05) is 54.0 Å². The summed E-state index contributed by atoms with van der Waals surface area (Å²) in [6.07, 6.45) is 5.24. The third kappa shape index (κ3) is 5.95. The summed E-state index contributed by atoms with van der Waals surface area (Å²) in [5, 5.41) is 11.2. The Hall–Kier alpha value is -5.10. The number of rotatable bonds is 9. The second kappa shape index (κ2) is 12.7. The van der Waals surface area contributed by atoms with Gasteiger partial charge in [-0.1, -0.05) is 36.4 Å². The Morgan fingerprint density at radius 3 is 1.93 bits per heavy atom. The van der Waals surface area contributed by atoms with Gasteiger partial charge in [-0.05, 0) is 74.5 Å². The van der Waals surface area contributed by atoms with Crippen molar-refractivity contribution < 1.29 is 31.5 Å². The van der Waals surface area contributed by atoms with E-state index >= 15 is 0 Å². The Morgan fingerprint density at radius 1 is 0.848 bits per heavy atom. The molecule has 2 aliphatic rings. The van der Waals surface area contributed by atoms with E-state index in [2.05, 4.69) is 9.89 Å². The van der Waals surface area contributed by atoms with Crippen LogP contribution in [-0.4, -0.2) is 55.6 Å². The zero-order valence-corrected chi connectivity index (χ0v) is 26.0. The average molecular weight is 649 g/mol. The minimum Gasteiger partial charge on any atom is -0.506 e. The van der Waals surface area contributed by atoms with Crippen molar-refractivity contribution in [2.75, 3.05) is 29.8 Å². The quantitative estimate of drug-likeness (QED) is 0.234. The molecule has 0 aliphatic heterocycles. The lowest BCUT2D eigenvalue weighted by molar-refractivity contribution is -0.111. The second-order valence-electron chi connectivity index (χ2n) is 10.3. The highest BCUT2D eigenvalue weighted by atomic mass is 32.2. The van der Waals surface area contributed by atoms with Crippen molar-refractivity contribution in [3.8, 4) is 0 Å². The van der Waals surface area contributed by atoms with Crippen molar-refractivity contribution in [3.05, 3.63) is 125 Å². The monoisotopic (exact) mass is 648 g/mol. The van der Waals surface area contributed by atoms with Gasteiger partial charge in [0.15, 0.2) is 0 Å². The molecule has 0 heterocycles. The van der Waals surface area contributed by atoms with Crippen molar-refractivity contribution in [2.24, 2.45) is 4.99 Å². The molecule has 0 saturated carbocycles. The highest BCUT2D eigenvalue weighted by Gasteiger charge is 2.47. The number of halogens is 3. The molecule has 238 valence electrons. The fraction of sp³-hybridized carbons (Fsp3) is 0.176. The van der Waals surface area contributed by atoms with Gasteiger partial charge in [-0.15, -0.1) is 0 Å². The number of carbonyl (C=O) groups excluding carboxylic acids is 1. The van der Waals surface area contributed by atoms with Gasteiger partial charge in [0.05, 0.1) is 22.5 Å². The second-order valence-corrected chi connectivity index (χ2v) is 12.0. The first-order valence-corrected chi connectivity index (χ1v) is 15.9. The minimum absolute atomic E-state index is 0.0643. The number of aliphatic hydroxyl groups is 1. The summed E-state index contributed by atoms with van der Waals surface area (Å²) in [6.45, 7) is 5.48. The molecule has 0 unspecified atom stereocenters. The number of ketones is 1. The summed E-state index contributed by atoms with van der Waals surface area (Å²) in [5.41, 5.74) is -3.52. The van der Waals surface area contributed by atoms with E-state index in [-0.39, 0.29) is 16.7 Å². The number of para-hydroxylation sites is 2. The van der Waals surface area contributed by atoms with Crippen LogP contribution in [0.2, 0.25) is 0 Å². The maximum Gasteiger partial charge on any atom is 0.516 e. The number of nitrogens with one attached hydrogen (secondary N) is 1. The van der Waals surface area contributed by atoms with E-state index in [9.17, 15) is 31.5 Å². The fourth-order valence-corrected chi connectivity index (χ4v) is 5.96. The lowest BCUT2D eigenvalue weighted by Gasteiger charge is -2.30. The molecule has 2 aliphatic carbocycles. The first-order valence-electron chi connectivity index (χ1n) is 14.4. The van der Waals surface area contributed by atoms with Crippen LogP contribution >= 0.6 is 0 Å². The molecule has 2 N–H and O–H groups in total. The third-order valence-electron chi connectivity index (χ3n) is 7.66. The SMILES string of the molecule is CCN(CC)C1=CC(=NC)C(=C2C(=O)C(c3ccc(N(c4ccccc4)c4ccccc4)cc3NS(=O)(=O)C(F)(F)F)=C2O)C=C1. The molecule has 5 rings (SSSR count). The number of nitrogens with zero attached hydrogens (tertiary/aromatic N) is 3. The summed E-state index contributed by atoms with van der Waals surface area (Å²) in [6, 6.07) is 21.9. The van der Waals surface area contributed by atoms with Crippen LogP contribution in [0, 0.1) is 0 Å². The molecular weight excluding hydrogens is 617 g/mol. The maximum absolute atomic E-state index is 13.6. The summed E-state index contributed by atoms with van der Waals surface area (Å²) in [4.78, 5) is 21.7. The normalized spacial score (nSPS) is 17.6. The van der Waals surface area contributed by atoms with E-state index in [1.165, 1.54) is 18.2 Å². The van der Waals surface area contributed by atoms with Gasteiger partial charge in [-0.2, -0.15) is 21.6 Å². The molecule has 46 heavy (non-hydrogen) atoms. The predicted octanol–water partition coefficient (Wildman–Crippen LogP) is 7.43. The minimum atomic E-state index is -5.90. The zero-order chi connectivity index (χ0) is 33.2. The number of allylic oxidation sites excluding steroid dienone is 6. The molecule has 0 bridgehead atoms. The van der Waals surface area contributed by atoms with E-state index in [0.29, 0.717) is 28.3 Å². The van der Waals surface area contributed by atoms with E-state index < -0.39 is 32.8 Å².